The Bertz CT molecular complexity index is 1620. The first-order valence-corrected chi connectivity index (χ1v) is 12.4. The molecule has 12 heteroatoms. The number of ether oxygens (including phenoxy) is 1. The second kappa shape index (κ2) is 8.92. The SMILES string of the molecule is COC(=O)c1cc(C2=CN=C([C@@H]3CCc4nc(-c5cc(Cl)ccc5-n5cnnn5)cc(=O)n43)C2)cs1. The van der Waals surface area contributed by atoms with Crippen molar-refractivity contribution in [3.05, 3.63) is 79.9 Å². The molecule has 0 N–H and O–H groups in total. The van der Waals surface area contributed by atoms with E-state index in [0.717, 1.165) is 23.3 Å². The molecule has 2 aliphatic rings. The lowest BCUT2D eigenvalue weighted by Crippen LogP contribution is -2.28. The smallest absolute Gasteiger partial charge is 0.348 e. The molecular weight excluding hydrogens is 502 g/mol. The van der Waals surface area contributed by atoms with E-state index in [1.54, 1.807) is 22.8 Å². The number of benzene rings is 1. The fraction of sp³-hybridized carbons (Fsp3) is 0.208. The van der Waals surface area contributed by atoms with E-state index >= 15 is 0 Å². The number of methoxy groups -OCH3 is 1. The Labute approximate surface area is 213 Å². The number of aromatic nitrogens is 6. The Morgan fingerprint density at radius 1 is 1.25 bits per heavy atom. The number of esters is 1. The number of aliphatic imine (C=N–C) groups is 1. The fourth-order valence-corrected chi connectivity index (χ4v) is 5.64. The van der Waals surface area contributed by atoms with Crippen LogP contribution in [0.3, 0.4) is 0 Å². The standard InChI is InChI=1S/C24H18ClN7O3S/c1-35-24(34)21-7-14(11-36-21)13-6-18(26-10-13)20-4-5-22-28-17(9-23(33)32(20)22)16-8-15(25)2-3-19(16)31-12-27-29-30-31/h2-3,7-12,20H,4-6H2,1H3/t20-/m0/s1. The average Bonchev–Trinajstić information content (AvgIpc) is 3.68. The van der Waals surface area contributed by atoms with Gasteiger partial charge in [0.2, 0.25) is 0 Å². The monoisotopic (exact) mass is 519 g/mol. The van der Waals surface area contributed by atoms with Crippen LogP contribution in [0, 0.1) is 0 Å². The van der Waals surface area contributed by atoms with Gasteiger partial charge in [-0.2, -0.15) is 4.68 Å². The van der Waals surface area contributed by atoms with Gasteiger partial charge in [-0.3, -0.25) is 14.4 Å². The summed E-state index contributed by atoms with van der Waals surface area (Å²) in [5.74, 6) is 0.344. The number of halogens is 1. The van der Waals surface area contributed by atoms with Crippen molar-refractivity contribution in [2.24, 2.45) is 4.99 Å². The number of allylic oxidation sites excluding steroid dienone is 1. The van der Waals surface area contributed by atoms with Crippen molar-refractivity contribution in [2.75, 3.05) is 7.11 Å². The van der Waals surface area contributed by atoms with Crippen LogP contribution >= 0.6 is 22.9 Å². The summed E-state index contributed by atoms with van der Waals surface area (Å²) in [6.07, 6.45) is 5.28. The molecule has 0 unspecified atom stereocenters. The van der Waals surface area contributed by atoms with Crippen molar-refractivity contribution < 1.29 is 9.53 Å². The Hall–Kier alpha value is -3.96. The van der Waals surface area contributed by atoms with E-state index in [2.05, 4.69) is 20.5 Å². The number of thiophene rings is 1. The lowest BCUT2D eigenvalue weighted by Gasteiger charge is -2.16. The van der Waals surface area contributed by atoms with E-state index < -0.39 is 0 Å². The number of carbonyl (C=O) groups excluding carboxylic acids is 1. The zero-order valence-corrected chi connectivity index (χ0v) is 20.5. The molecule has 0 saturated carbocycles. The number of hydrogen-bond donors (Lipinski definition) is 0. The molecule has 0 aliphatic carbocycles. The lowest BCUT2D eigenvalue weighted by atomic mass is 10.0. The quantitative estimate of drug-likeness (QED) is 0.368. The predicted octanol–water partition coefficient (Wildman–Crippen LogP) is 3.76. The molecule has 5 heterocycles. The molecule has 0 radical (unpaired) electrons. The van der Waals surface area contributed by atoms with E-state index in [0.29, 0.717) is 45.5 Å². The van der Waals surface area contributed by atoms with E-state index in [1.165, 1.54) is 35.5 Å². The normalized spacial score (nSPS) is 16.6. The van der Waals surface area contributed by atoms with Crippen LogP contribution in [0.25, 0.3) is 22.5 Å². The van der Waals surface area contributed by atoms with E-state index in [1.807, 2.05) is 17.6 Å². The van der Waals surface area contributed by atoms with Crippen molar-refractivity contribution in [2.45, 2.75) is 25.3 Å². The predicted molar refractivity (Wildman–Crippen MR) is 135 cm³/mol. The maximum atomic E-state index is 13.3. The summed E-state index contributed by atoms with van der Waals surface area (Å²) in [5.41, 5.74) is 4.55. The number of rotatable bonds is 5. The molecule has 0 spiro atoms. The number of hydrogen-bond acceptors (Lipinski definition) is 9. The van der Waals surface area contributed by atoms with Crippen LogP contribution in [0.5, 0.6) is 0 Å². The molecule has 0 bridgehead atoms. The zero-order valence-electron chi connectivity index (χ0n) is 19.0. The number of tetrazole rings is 1. The van der Waals surface area contributed by atoms with Crippen LogP contribution in [0.4, 0.5) is 0 Å². The number of carbonyl (C=O) groups is 1. The van der Waals surface area contributed by atoms with E-state index in [9.17, 15) is 9.59 Å². The van der Waals surface area contributed by atoms with Gasteiger partial charge in [-0.05, 0) is 57.6 Å². The highest BCUT2D eigenvalue weighted by Gasteiger charge is 2.31. The van der Waals surface area contributed by atoms with E-state index in [4.69, 9.17) is 21.3 Å². The van der Waals surface area contributed by atoms with Crippen LogP contribution in [0.1, 0.15) is 39.9 Å². The highest BCUT2D eigenvalue weighted by molar-refractivity contribution is 7.12. The van der Waals surface area contributed by atoms with Crippen molar-refractivity contribution in [3.8, 4) is 16.9 Å². The minimum atomic E-state index is -0.355. The molecule has 1 aromatic carbocycles. The Balaban J connectivity index is 1.29. The summed E-state index contributed by atoms with van der Waals surface area (Å²) in [4.78, 5) is 35.2. The summed E-state index contributed by atoms with van der Waals surface area (Å²) in [6, 6.07) is 8.45. The molecule has 10 nitrogen and oxygen atoms in total. The van der Waals surface area contributed by atoms with Crippen LogP contribution in [0.2, 0.25) is 5.02 Å². The van der Waals surface area contributed by atoms with Gasteiger partial charge in [-0.1, -0.05) is 11.6 Å². The van der Waals surface area contributed by atoms with Crippen molar-refractivity contribution in [3.63, 3.8) is 0 Å². The molecule has 3 aromatic heterocycles. The lowest BCUT2D eigenvalue weighted by molar-refractivity contribution is 0.0606. The summed E-state index contributed by atoms with van der Waals surface area (Å²) in [5, 5.41) is 13.8. The van der Waals surface area contributed by atoms with Gasteiger partial charge in [-0.25, -0.2) is 9.78 Å². The molecule has 0 fully saturated rings. The van der Waals surface area contributed by atoms with Gasteiger partial charge in [-0.15, -0.1) is 16.4 Å². The number of nitrogens with zero attached hydrogens (tertiary/aromatic N) is 7. The first-order chi connectivity index (χ1) is 17.5. The van der Waals surface area contributed by atoms with Crippen molar-refractivity contribution in [1.82, 2.24) is 29.8 Å². The van der Waals surface area contributed by atoms with Crippen molar-refractivity contribution >= 4 is 40.2 Å². The molecule has 180 valence electrons. The first-order valence-electron chi connectivity index (χ1n) is 11.1. The second-order valence-electron chi connectivity index (χ2n) is 8.38. The van der Waals surface area contributed by atoms with E-state index in [-0.39, 0.29) is 17.6 Å². The van der Waals surface area contributed by atoms with Crippen molar-refractivity contribution in [1.29, 1.82) is 0 Å². The summed E-state index contributed by atoms with van der Waals surface area (Å²) < 4.78 is 8.04. The first kappa shape index (κ1) is 22.5. The molecular formula is C24H18ClN7O3S. The molecule has 36 heavy (non-hydrogen) atoms. The number of fused-ring (bicyclic) bond motifs is 1. The average molecular weight is 520 g/mol. The van der Waals surface area contributed by atoms with Gasteiger partial charge in [0.1, 0.15) is 17.0 Å². The van der Waals surface area contributed by atoms with Crippen LogP contribution in [-0.2, 0) is 11.2 Å². The van der Waals surface area contributed by atoms with Gasteiger partial charge in [0.25, 0.3) is 5.56 Å². The van der Waals surface area contributed by atoms with Gasteiger partial charge in [0.05, 0.1) is 24.5 Å². The van der Waals surface area contributed by atoms with Crippen LogP contribution in [0.15, 0.2) is 58.0 Å². The third-order valence-electron chi connectivity index (χ3n) is 6.31. The van der Waals surface area contributed by atoms with Gasteiger partial charge < -0.3 is 4.74 Å². The Morgan fingerprint density at radius 2 is 2.14 bits per heavy atom. The minimum absolute atomic E-state index is 0.153. The molecule has 0 saturated heterocycles. The number of aryl methyl sites for hydroxylation is 1. The van der Waals surface area contributed by atoms with Gasteiger partial charge in [0.15, 0.2) is 0 Å². The minimum Gasteiger partial charge on any atom is -0.465 e. The molecule has 0 amide bonds. The highest BCUT2D eigenvalue weighted by atomic mass is 35.5. The second-order valence-corrected chi connectivity index (χ2v) is 9.73. The Morgan fingerprint density at radius 3 is 2.94 bits per heavy atom. The summed E-state index contributed by atoms with van der Waals surface area (Å²) >= 11 is 7.61. The van der Waals surface area contributed by atoms with Gasteiger partial charge >= 0.3 is 5.97 Å². The third-order valence-corrected chi connectivity index (χ3v) is 7.45. The third kappa shape index (κ3) is 3.86. The van der Waals surface area contributed by atoms with Gasteiger partial charge in [0, 0.05) is 41.4 Å². The highest BCUT2D eigenvalue weighted by Crippen LogP contribution is 2.35. The largest absolute Gasteiger partial charge is 0.465 e. The van der Waals surface area contributed by atoms with Crippen LogP contribution in [-0.4, -0.2) is 48.5 Å². The van der Waals surface area contributed by atoms with Crippen LogP contribution < -0.4 is 5.56 Å². The maximum Gasteiger partial charge on any atom is 0.348 e. The molecule has 6 rings (SSSR count). The molecule has 4 aromatic rings. The zero-order chi connectivity index (χ0) is 24.8. The summed E-state index contributed by atoms with van der Waals surface area (Å²) in [6.45, 7) is 0. The molecule has 1 atom stereocenters. The topological polar surface area (TPSA) is 117 Å². The maximum absolute atomic E-state index is 13.3. The molecule has 2 aliphatic heterocycles. The Kier molecular flexibility index (Phi) is 5.57. The summed E-state index contributed by atoms with van der Waals surface area (Å²) in [7, 11) is 1.37. The fourth-order valence-electron chi connectivity index (χ4n) is 4.62.